The van der Waals surface area contributed by atoms with Crippen LogP contribution in [0.25, 0.3) is 6.08 Å². The predicted octanol–water partition coefficient (Wildman–Crippen LogP) is 4.14. The van der Waals surface area contributed by atoms with E-state index in [9.17, 15) is 13.2 Å². The number of rotatable bonds is 3. The van der Waals surface area contributed by atoms with Gasteiger partial charge in [-0.25, -0.2) is 13.2 Å². The molecule has 0 saturated carbocycles. The first-order chi connectivity index (χ1) is 7.10. The lowest BCUT2D eigenvalue weighted by Gasteiger charge is -2.02. The van der Waals surface area contributed by atoms with Gasteiger partial charge in [-0.05, 0) is 18.6 Å². The van der Waals surface area contributed by atoms with E-state index in [1.54, 1.807) is 0 Å². The van der Waals surface area contributed by atoms with Gasteiger partial charge in [0, 0.05) is 11.4 Å². The molecule has 15 heavy (non-hydrogen) atoms. The normalized spacial score (nSPS) is 11.9. The minimum absolute atomic E-state index is 0.0198. The third kappa shape index (κ3) is 2.75. The Morgan fingerprint density at radius 2 is 1.93 bits per heavy atom. The second-order valence-corrected chi connectivity index (χ2v) is 3.32. The van der Waals surface area contributed by atoms with Crippen LogP contribution in [-0.4, -0.2) is 5.88 Å². The molecule has 0 atom stereocenters. The summed E-state index contributed by atoms with van der Waals surface area (Å²) in [4.78, 5) is 0. The molecule has 0 aliphatic rings. The van der Waals surface area contributed by atoms with Gasteiger partial charge in [0.25, 0.3) is 0 Å². The van der Waals surface area contributed by atoms with Gasteiger partial charge in [-0.15, -0.1) is 11.6 Å². The lowest BCUT2D eigenvalue weighted by molar-refractivity contribution is 0.446. The summed E-state index contributed by atoms with van der Waals surface area (Å²) in [6.07, 6.45) is 2.08. The molecule has 0 amide bonds. The molecule has 0 unspecified atom stereocenters. The molecular weight excluding hydrogens is 225 g/mol. The summed E-state index contributed by atoms with van der Waals surface area (Å²) in [6.45, 7) is 1.85. The Balaban J connectivity index is 3.16. The molecule has 0 saturated heterocycles. The van der Waals surface area contributed by atoms with Gasteiger partial charge >= 0.3 is 0 Å². The monoisotopic (exact) mass is 234 g/mol. The van der Waals surface area contributed by atoms with Crippen molar-refractivity contribution in [1.82, 2.24) is 0 Å². The molecule has 0 aliphatic heterocycles. The average Bonchev–Trinajstić information content (AvgIpc) is 2.25. The van der Waals surface area contributed by atoms with E-state index in [4.69, 9.17) is 11.6 Å². The maximum atomic E-state index is 13.2. The van der Waals surface area contributed by atoms with Crippen LogP contribution in [0.5, 0.6) is 0 Å². The molecule has 1 aromatic rings. The SMILES string of the molecule is CC/C(=C/c1ccc(F)c(F)c1F)CCl. The smallest absolute Gasteiger partial charge is 0.195 e. The minimum Gasteiger partial charge on any atom is -0.204 e. The molecule has 0 bridgehead atoms. The zero-order chi connectivity index (χ0) is 11.4. The van der Waals surface area contributed by atoms with Gasteiger partial charge in [0.1, 0.15) is 0 Å². The van der Waals surface area contributed by atoms with E-state index < -0.39 is 17.5 Å². The summed E-state index contributed by atoms with van der Waals surface area (Å²) in [5.41, 5.74) is 0.785. The van der Waals surface area contributed by atoms with Crippen molar-refractivity contribution in [3.05, 3.63) is 40.7 Å². The lowest BCUT2D eigenvalue weighted by Crippen LogP contribution is -1.94. The molecule has 4 heteroatoms. The van der Waals surface area contributed by atoms with Crippen LogP contribution < -0.4 is 0 Å². The maximum Gasteiger partial charge on any atom is 0.195 e. The van der Waals surface area contributed by atoms with Gasteiger partial charge in [0.05, 0.1) is 0 Å². The molecular formula is C11H10ClF3. The van der Waals surface area contributed by atoms with E-state index in [1.807, 2.05) is 6.92 Å². The van der Waals surface area contributed by atoms with Gasteiger partial charge in [-0.3, -0.25) is 0 Å². The summed E-state index contributed by atoms with van der Waals surface area (Å²) < 4.78 is 38.6. The average molecular weight is 235 g/mol. The summed E-state index contributed by atoms with van der Waals surface area (Å²) >= 11 is 5.58. The number of alkyl halides is 1. The summed E-state index contributed by atoms with van der Waals surface area (Å²) in [5, 5.41) is 0. The molecule has 0 aromatic heterocycles. The fourth-order valence-corrected chi connectivity index (χ4v) is 1.37. The highest BCUT2D eigenvalue weighted by molar-refractivity contribution is 6.19. The van der Waals surface area contributed by atoms with E-state index in [0.717, 1.165) is 11.6 Å². The Morgan fingerprint density at radius 1 is 1.27 bits per heavy atom. The van der Waals surface area contributed by atoms with Gasteiger partial charge < -0.3 is 0 Å². The lowest BCUT2D eigenvalue weighted by atomic mass is 10.1. The second kappa shape index (κ2) is 5.21. The second-order valence-electron chi connectivity index (χ2n) is 3.05. The van der Waals surface area contributed by atoms with E-state index in [2.05, 4.69) is 0 Å². The first-order valence-electron chi connectivity index (χ1n) is 4.49. The molecule has 0 aliphatic carbocycles. The van der Waals surface area contributed by atoms with Crippen LogP contribution in [0.3, 0.4) is 0 Å². The topological polar surface area (TPSA) is 0 Å². The highest BCUT2D eigenvalue weighted by Gasteiger charge is 2.11. The third-order valence-electron chi connectivity index (χ3n) is 2.05. The Labute approximate surface area is 91.4 Å². The van der Waals surface area contributed by atoms with Crippen LogP contribution >= 0.6 is 11.6 Å². The van der Waals surface area contributed by atoms with Crippen molar-refractivity contribution in [2.45, 2.75) is 13.3 Å². The Hall–Kier alpha value is -0.960. The Kier molecular flexibility index (Phi) is 4.21. The third-order valence-corrected chi connectivity index (χ3v) is 2.39. The summed E-state index contributed by atoms with van der Waals surface area (Å²) in [6, 6.07) is 2.09. The van der Waals surface area contributed by atoms with Gasteiger partial charge in [-0.1, -0.05) is 18.6 Å². The van der Waals surface area contributed by atoms with Gasteiger partial charge in [0.15, 0.2) is 17.5 Å². The van der Waals surface area contributed by atoms with Gasteiger partial charge in [-0.2, -0.15) is 0 Å². The van der Waals surface area contributed by atoms with Crippen LogP contribution in [0.15, 0.2) is 17.7 Å². The number of benzene rings is 1. The van der Waals surface area contributed by atoms with E-state index >= 15 is 0 Å². The van der Waals surface area contributed by atoms with Crippen molar-refractivity contribution < 1.29 is 13.2 Å². The molecule has 0 radical (unpaired) electrons. The number of hydrogen-bond donors (Lipinski definition) is 0. The predicted molar refractivity (Wildman–Crippen MR) is 55.3 cm³/mol. The van der Waals surface area contributed by atoms with Crippen molar-refractivity contribution in [3.8, 4) is 0 Å². The highest BCUT2D eigenvalue weighted by Crippen LogP contribution is 2.19. The van der Waals surface area contributed by atoms with Crippen LogP contribution in [-0.2, 0) is 0 Å². The van der Waals surface area contributed by atoms with Crippen LogP contribution in [0, 0.1) is 17.5 Å². The fourth-order valence-electron chi connectivity index (χ4n) is 1.11. The zero-order valence-corrected chi connectivity index (χ0v) is 8.91. The first-order valence-corrected chi connectivity index (χ1v) is 5.02. The van der Waals surface area contributed by atoms with Crippen LogP contribution in [0.2, 0.25) is 0 Å². The molecule has 82 valence electrons. The van der Waals surface area contributed by atoms with E-state index in [1.165, 1.54) is 12.1 Å². The number of halogens is 4. The Bertz CT molecular complexity index is 380. The van der Waals surface area contributed by atoms with Crippen molar-refractivity contribution in [3.63, 3.8) is 0 Å². The highest BCUT2D eigenvalue weighted by atomic mass is 35.5. The quantitative estimate of drug-likeness (QED) is 0.545. The zero-order valence-electron chi connectivity index (χ0n) is 8.16. The molecule has 0 spiro atoms. The standard InChI is InChI=1S/C11H10ClF3/c1-2-7(6-12)5-8-3-4-9(13)11(15)10(8)14/h3-5H,2,6H2,1H3/b7-5-. The summed E-state index contributed by atoms with van der Waals surface area (Å²) in [7, 11) is 0. The summed E-state index contributed by atoms with van der Waals surface area (Å²) in [5.74, 6) is -3.57. The molecule has 1 rings (SSSR count). The van der Waals surface area contributed by atoms with E-state index in [-0.39, 0.29) is 11.4 Å². The van der Waals surface area contributed by atoms with Gasteiger partial charge in [0.2, 0.25) is 0 Å². The van der Waals surface area contributed by atoms with E-state index in [0.29, 0.717) is 6.42 Å². The maximum absolute atomic E-state index is 13.2. The largest absolute Gasteiger partial charge is 0.204 e. The molecule has 0 nitrogen and oxygen atoms in total. The van der Waals surface area contributed by atoms with Crippen LogP contribution in [0.4, 0.5) is 13.2 Å². The number of allylic oxidation sites excluding steroid dienone is 1. The van der Waals surface area contributed by atoms with Crippen molar-refractivity contribution in [2.24, 2.45) is 0 Å². The number of hydrogen-bond acceptors (Lipinski definition) is 0. The fraction of sp³-hybridized carbons (Fsp3) is 0.273. The molecule has 0 N–H and O–H groups in total. The molecule has 0 fully saturated rings. The van der Waals surface area contributed by atoms with Crippen molar-refractivity contribution >= 4 is 17.7 Å². The van der Waals surface area contributed by atoms with Crippen LogP contribution in [0.1, 0.15) is 18.9 Å². The Morgan fingerprint density at radius 3 is 2.47 bits per heavy atom. The molecule has 0 heterocycles. The molecule has 1 aromatic carbocycles. The minimum atomic E-state index is -1.45. The first kappa shape index (κ1) is 12.1. The van der Waals surface area contributed by atoms with Crippen molar-refractivity contribution in [2.75, 3.05) is 5.88 Å². The van der Waals surface area contributed by atoms with Crippen molar-refractivity contribution in [1.29, 1.82) is 0 Å².